The summed E-state index contributed by atoms with van der Waals surface area (Å²) in [6, 6.07) is 14.4. The zero-order valence-electron chi connectivity index (χ0n) is 14.7. The van der Waals surface area contributed by atoms with Gasteiger partial charge in [-0.05, 0) is 60.2 Å². The first-order valence-corrected chi connectivity index (χ1v) is 9.30. The molecule has 0 bridgehead atoms. The lowest BCUT2D eigenvalue weighted by Gasteiger charge is -2.06. The highest BCUT2D eigenvalue weighted by atomic mass is 32.1. The van der Waals surface area contributed by atoms with Crippen molar-refractivity contribution in [3.63, 3.8) is 0 Å². The van der Waals surface area contributed by atoms with Crippen LogP contribution in [0.15, 0.2) is 53.9 Å². The molecule has 0 aliphatic carbocycles. The third-order valence-corrected chi connectivity index (χ3v) is 4.96. The fourth-order valence-electron chi connectivity index (χ4n) is 2.48. The van der Waals surface area contributed by atoms with Crippen LogP contribution in [0.4, 0.5) is 10.1 Å². The standard InChI is InChI=1S/C21H20FNO2S/c1-3-15-5-7-17(8-6-15)25-12-16-11-20(26-13-16)21(24)23-19-10-14(2)4-9-18(19)22/h4-11,13H,3,12H2,1-2H3,(H,23,24). The largest absolute Gasteiger partial charge is 0.489 e. The fraction of sp³-hybridized carbons (Fsp3) is 0.190. The van der Waals surface area contributed by atoms with Crippen molar-refractivity contribution in [3.05, 3.63) is 81.3 Å². The van der Waals surface area contributed by atoms with Crippen molar-refractivity contribution in [2.75, 3.05) is 5.32 Å². The Labute approximate surface area is 156 Å². The minimum absolute atomic E-state index is 0.192. The molecule has 0 atom stereocenters. The second-order valence-electron chi connectivity index (χ2n) is 6.04. The molecule has 0 aliphatic rings. The topological polar surface area (TPSA) is 38.3 Å². The van der Waals surface area contributed by atoms with Crippen molar-refractivity contribution in [2.45, 2.75) is 26.9 Å². The van der Waals surface area contributed by atoms with Crippen molar-refractivity contribution in [3.8, 4) is 5.75 Å². The SMILES string of the molecule is CCc1ccc(OCc2csc(C(=O)Nc3cc(C)ccc3F)c2)cc1. The lowest BCUT2D eigenvalue weighted by Crippen LogP contribution is -2.11. The van der Waals surface area contributed by atoms with Crippen molar-refractivity contribution in [1.82, 2.24) is 0 Å². The number of anilines is 1. The summed E-state index contributed by atoms with van der Waals surface area (Å²) in [6.45, 7) is 4.34. The number of halogens is 1. The summed E-state index contributed by atoms with van der Waals surface area (Å²) in [4.78, 5) is 12.8. The molecular formula is C21H20FNO2S. The van der Waals surface area contributed by atoms with Gasteiger partial charge in [0.25, 0.3) is 5.91 Å². The molecule has 0 fully saturated rings. The van der Waals surface area contributed by atoms with Crippen molar-refractivity contribution < 1.29 is 13.9 Å². The first kappa shape index (κ1) is 18.1. The minimum atomic E-state index is -0.445. The summed E-state index contributed by atoms with van der Waals surface area (Å²) in [5, 5.41) is 4.50. The smallest absolute Gasteiger partial charge is 0.265 e. The average molecular weight is 369 g/mol. The summed E-state index contributed by atoms with van der Waals surface area (Å²) >= 11 is 1.31. The van der Waals surface area contributed by atoms with Crippen LogP contribution in [0, 0.1) is 12.7 Å². The lowest BCUT2D eigenvalue weighted by molar-refractivity contribution is 0.103. The number of ether oxygens (including phenoxy) is 1. The maximum atomic E-state index is 13.8. The zero-order chi connectivity index (χ0) is 18.5. The number of thiophene rings is 1. The molecule has 5 heteroatoms. The Morgan fingerprint density at radius 1 is 1.12 bits per heavy atom. The number of amides is 1. The van der Waals surface area contributed by atoms with Gasteiger partial charge >= 0.3 is 0 Å². The third kappa shape index (κ3) is 4.49. The van der Waals surface area contributed by atoms with Gasteiger partial charge in [-0.25, -0.2) is 4.39 Å². The fourth-order valence-corrected chi connectivity index (χ4v) is 3.27. The van der Waals surface area contributed by atoms with Crippen LogP contribution in [0.1, 0.15) is 33.3 Å². The van der Waals surface area contributed by atoms with Crippen molar-refractivity contribution in [2.24, 2.45) is 0 Å². The van der Waals surface area contributed by atoms with Gasteiger partial charge in [-0.3, -0.25) is 4.79 Å². The van der Waals surface area contributed by atoms with Gasteiger partial charge in [-0.15, -0.1) is 11.3 Å². The van der Waals surface area contributed by atoms with E-state index in [1.165, 1.54) is 23.0 Å². The molecule has 3 rings (SSSR count). The van der Waals surface area contributed by atoms with Gasteiger partial charge in [0.05, 0.1) is 10.6 Å². The van der Waals surface area contributed by atoms with Crippen LogP contribution in [0.5, 0.6) is 5.75 Å². The molecule has 0 unspecified atom stereocenters. The molecule has 1 N–H and O–H groups in total. The zero-order valence-corrected chi connectivity index (χ0v) is 15.5. The van der Waals surface area contributed by atoms with Crippen LogP contribution in [0.25, 0.3) is 0 Å². The van der Waals surface area contributed by atoms with E-state index >= 15 is 0 Å². The summed E-state index contributed by atoms with van der Waals surface area (Å²) < 4.78 is 19.5. The molecule has 3 nitrogen and oxygen atoms in total. The first-order chi connectivity index (χ1) is 12.5. The Morgan fingerprint density at radius 3 is 2.62 bits per heavy atom. The van der Waals surface area contributed by atoms with Gasteiger partial charge in [0.2, 0.25) is 0 Å². The van der Waals surface area contributed by atoms with E-state index in [-0.39, 0.29) is 11.6 Å². The van der Waals surface area contributed by atoms with E-state index in [4.69, 9.17) is 4.74 Å². The number of hydrogen-bond donors (Lipinski definition) is 1. The normalized spacial score (nSPS) is 10.6. The number of benzene rings is 2. The van der Waals surface area contributed by atoms with E-state index in [1.807, 2.05) is 36.6 Å². The molecule has 1 amide bonds. The maximum Gasteiger partial charge on any atom is 0.265 e. The minimum Gasteiger partial charge on any atom is -0.489 e. The van der Waals surface area contributed by atoms with Crippen LogP contribution in [0.2, 0.25) is 0 Å². The van der Waals surface area contributed by atoms with Crippen LogP contribution < -0.4 is 10.1 Å². The average Bonchev–Trinajstić information content (AvgIpc) is 3.12. The molecule has 0 saturated heterocycles. The monoisotopic (exact) mass is 369 g/mol. The quantitative estimate of drug-likeness (QED) is 0.615. The Balaban J connectivity index is 1.61. The predicted octanol–water partition coefficient (Wildman–Crippen LogP) is 5.59. The van der Waals surface area contributed by atoms with Gasteiger partial charge in [0.15, 0.2) is 0 Å². The molecule has 26 heavy (non-hydrogen) atoms. The number of nitrogens with one attached hydrogen (secondary N) is 1. The van der Waals surface area contributed by atoms with Gasteiger partial charge in [0.1, 0.15) is 18.2 Å². The Bertz CT molecular complexity index is 903. The second kappa shape index (κ2) is 8.15. The molecule has 134 valence electrons. The summed E-state index contributed by atoms with van der Waals surface area (Å²) in [6.07, 6.45) is 0.991. The molecule has 0 aliphatic heterocycles. The van der Waals surface area contributed by atoms with Crippen molar-refractivity contribution in [1.29, 1.82) is 0 Å². The number of carbonyl (C=O) groups excluding carboxylic acids is 1. The highest BCUT2D eigenvalue weighted by Gasteiger charge is 2.12. The summed E-state index contributed by atoms with van der Waals surface area (Å²) in [5.74, 6) is 0.0267. The van der Waals surface area contributed by atoms with Gasteiger partial charge in [-0.2, -0.15) is 0 Å². The molecular weight excluding hydrogens is 349 g/mol. The summed E-state index contributed by atoms with van der Waals surface area (Å²) in [5.41, 5.74) is 3.24. The molecule has 2 aromatic carbocycles. The van der Waals surface area contributed by atoms with Crippen LogP contribution in [-0.2, 0) is 13.0 Å². The maximum absolute atomic E-state index is 13.8. The number of carbonyl (C=O) groups is 1. The number of aryl methyl sites for hydroxylation is 2. The lowest BCUT2D eigenvalue weighted by atomic mass is 10.2. The first-order valence-electron chi connectivity index (χ1n) is 8.42. The second-order valence-corrected chi connectivity index (χ2v) is 6.95. The number of hydrogen-bond acceptors (Lipinski definition) is 3. The highest BCUT2D eigenvalue weighted by Crippen LogP contribution is 2.21. The van der Waals surface area contributed by atoms with E-state index in [0.29, 0.717) is 11.5 Å². The summed E-state index contributed by atoms with van der Waals surface area (Å²) in [7, 11) is 0. The Kier molecular flexibility index (Phi) is 5.68. The molecule has 1 aromatic heterocycles. The van der Waals surface area contributed by atoms with Gasteiger partial charge in [0, 0.05) is 5.56 Å². The van der Waals surface area contributed by atoms with E-state index in [9.17, 15) is 9.18 Å². The molecule has 3 aromatic rings. The third-order valence-electron chi connectivity index (χ3n) is 3.98. The predicted molar refractivity (Wildman–Crippen MR) is 104 cm³/mol. The van der Waals surface area contributed by atoms with Crippen LogP contribution >= 0.6 is 11.3 Å². The van der Waals surface area contributed by atoms with Crippen LogP contribution in [-0.4, -0.2) is 5.91 Å². The van der Waals surface area contributed by atoms with E-state index in [0.717, 1.165) is 23.3 Å². The molecule has 0 radical (unpaired) electrons. The molecule has 0 saturated carbocycles. The Morgan fingerprint density at radius 2 is 1.88 bits per heavy atom. The van der Waals surface area contributed by atoms with Gasteiger partial charge in [-0.1, -0.05) is 25.1 Å². The van der Waals surface area contributed by atoms with Crippen molar-refractivity contribution >= 4 is 22.9 Å². The highest BCUT2D eigenvalue weighted by molar-refractivity contribution is 7.12. The van der Waals surface area contributed by atoms with Gasteiger partial charge < -0.3 is 10.1 Å². The Hall–Kier alpha value is -2.66. The molecule has 1 heterocycles. The van der Waals surface area contributed by atoms with E-state index in [1.54, 1.807) is 18.2 Å². The number of rotatable bonds is 6. The van der Waals surface area contributed by atoms with E-state index in [2.05, 4.69) is 12.2 Å². The van der Waals surface area contributed by atoms with Crippen LogP contribution in [0.3, 0.4) is 0 Å². The molecule has 0 spiro atoms. The van der Waals surface area contributed by atoms with E-state index < -0.39 is 5.82 Å².